The van der Waals surface area contributed by atoms with Gasteiger partial charge in [0, 0.05) is 12.6 Å². The first-order valence-electron chi connectivity index (χ1n) is 6.94. The molecule has 108 valence electrons. The van der Waals surface area contributed by atoms with E-state index < -0.39 is 0 Å². The summed E-state index contributed by atoms with van der Waals surface area (Å²) in [5.74, 6) is 2.84. The number of furan rings is 1. The third-order valence-electron chi connectivity index (χ3n) is 3.78. The minimum absolute atomic E-state index is 0.535. The quantitative estimate of drug-likeness (QED) is 0.917. The lowest BCUT2D eigenvalue weighted by Crippen LogP contribution is -2.32. The summed E-state index contributed by atoms with van der Waals surface area (Å²) in [6.45, 7) is 6.60. The number of nitrogens with one attached hydrogen (secondary N) is 1. The Labute approximate surface area is 118 Å². The van der Waals surface area contributed by atoms with E-state index in [-0.39, 0.29) is 0 Å². The first-order chi connectivity index (χ1) is 9.63. The van der Waals surface area contributed by atoms with E-state index in [1.165, 1.54) is 0 Å². The predicted molar refractivity (Wildman–Crippen MR) is 74.2 cm³/mol. The van der Waals surface area contributed by atoms with Crippen LogP contribution in [0.4, 0.5) is 0 Å². The Bertz CT molecular complexity index is 584. The summed E-state index contributed by atoms with van der Waals surface area (Å²) in [4.78, 5) is 2.25. The fourth-order valence-electron chi connectivity index (χ4n) is 2.63. The summed E-state index contributed by atoms with van der Waals surface area (Å²) in [6, 6.07) is 2.47. The summed E-state index contributed by atoms with van der Waals surface area (Å²) in [5.41, 5.74) is 0.881. The van der Waals surface area contributed by atoms with E-state index in [0.29, 0.717) is 24.4 Å². The van der Waals surface area contributed by atoms with E-state index in [0.717, 1.165) is 36.6 Å². The zero-order valence-corrected chi connectivity index (χ0v) is 12.1. The third-order valence-corrected chi connectivity index (χ3v) is 3.78. The van der Waals surface area contributed by atoms with Crippen molar-refractivity contribution in [2.75, 3.05) is 20.1 Å². The Hall–Kier alpha value is -1.66. The molecule has 20 heavy (non-hydrogen) atoms. The van der Waals surface area contributed by atoms with E-state index in [1.807, 2.05) is 19.9 Å². The van der Waals surface area contributed by atoms with Crippen LogP contribution in [0.2, 0.25) is 0 Å². The molecule has 0 saturated carbocycles. The summed E-state index contributed by atoms with van der Waals surface area (Å²) in [5, 5.41) is 11.6. The molecule has 1 aliphatic rings. The monoisotopic (exact) mass is 276 g/mol. The van der Waals surface area contributed by atoms with Gasteiger partial charge in [0.2, 0.25) is 5.89 Å². The molecular weight excluding hydrogens is 256 g/mol. The number of nitrogens with zero attached hydrogens (tertiary/aromatic N) is 3. The molecular formula is C14H20N4O2. The van der Waals surface area contributed by atoms with Crippen LogP contribution in [0, 0.1) is 13.8 Å². The van der Waals surface area contributed by atoms with Crippen LogP contribution < -0.4 is 5.32 Å². The molecule has 3 heterocycles. The van der Waals surface area contributed by atoms with Gasteiger partial charge in [-0.3, -0.25) is 4.90 Å². The minimum Gasteiger partial charge on any atom is -0.466 e. The second kappa shape index (κ2) is 5.38. The van der Waals surface area contributed by atoms with E-state index >= 15 is 0 Å². The SMILES string of the molecule is Cc1cc(-c2nnc(CN(C)C3CCNC3)o2)c(C)o1. The summed E-state index contributed by atoms with van der Waals surface area (Å²) in [7, 11) is 2.09. The van der Waals surface area contributed by atoms with Gasteiger partial charge in [-0.2, -0.15) is 0 Å². The maximum absolute atomic E-state index is 5.75. The molecule has 0 radical (unpaired) electrons. The van der Waals surface area contributed by atoms with Crippen molar-refractivity contribution in [1.82, 2.24) is 20.4 Å². The van der Waals surface area contributed by atoms with Gasteiger partial charge in [0.25, 0.3) is 5.89 Å². The molecule has 1 atom stereocenters. The van der Waals surface area contributed by atoms with Crippen LogP contribution >= 0.6 is 0 Å². The molecule has 1 saturated heterocycles. The van der Waals surface area contributed by atoms with Crippen LogP contribution in [0.5, 0.6) is 0 Å². The van der Waals surface area contributed by atoms with Crippen LogP contribution in [-0.4, -0.2) is 41.3 Å². The van der Waals surface area contributed by atoms with Crippen LogP contribution in [-0.2, 0) is 6.54 Å². The van der Waals surface area contributed by atoms with Crippen LogP contribution in [0.1, 0.15) is 23.8 Å². The number of aromatic nitrogens is 2. The number of aryl methyl sites for hydroxylation is 2. The van der Waals surface area contributed by atoms with Crippen molar-refractivity contribution in [3.63, 3.8) is 0 Å². The summed E-state index contributed by atoms with van der Waals surface area (Å²) in [6.07, 6.45) is 1.16. The van der Waals surface area contributed by atoms with Gasteiger partial charge in [0.15, 0.2) is 0 Å². The molecule has 3 rings (SSSR count). The van der Waals surface area contributed by atoms with E-state index in [2.05, 4.69) is 27.5 Å². The molecule has 1 aliphatic heterocycles. The van der Waals surface area contributed by atoms with Gasteiger partial charge < -0.3 is 14.2 Å². The standard InChI is InChI=1S/C14H20N4O2/c1-9-6-12(10(2)19-9)14-17-16-13(20-14)8-18(3)11-4-5-15-7-11/h6,11,15H,4-5,7-8H2,1-3H3. The van der Waals surface area contributed by atoms with Gasteiger partial charge in [0.05, 0.1) is 12.1 Å². The molecule has 2 aromatic rings. The maximum atomic E-state index is 5.75. The molecule has 1 unspecified atom stereocenters. The lowest BCUT2D eigenvalue weighted by Gasteiger charge is -2.21. The number of hydrogen-bond donors (Lipinski definition) is 1. The van der Waals surface area contributed by atoms with Gasteiger partial charge in [-0.15, -0.1) is 10.2 Å². The van der Waals surface area contributed by atoms with Crippen LogP contribution in [0.3, 0.4) is 0 Å². The highest BCUT2D eigenvalue weighted by molar-refractivity contribution is 5.55. The smallest absolute Gasteiger partial charge is 0.251 e. The molecule has 2 aromatic heterocycles. The van der Waals surface area contributed by atoms with Gasteiger partial charge >= 0.3 is 0 Å². The highest BCUT2D eigenvalue weighted by Gasteiger charge is 2.21. The Kier molecular flexibility index (Phi) is 3.58. The molecule has 0 aromatic carbocycles. The Morgan fingerprint density at radius 2 is 2.20 bits per heavy atom. The fourth-order valence-corrected chi connectivity index (χ4v) is 2.63. The Morgan fingerprint density at radius 1 is 1.35 bits per heavy atom. The van der Waals surface area contributed by atoms with Gasteiger partial charge in [-0.05, 0) is 39.9 Å². The first-order valence-corrected chi connectivity index (χ1v) is 6.94. The van der Waals surface area contributed by atoms with Crippen molar-refractivity contribution in [2.45, 2.75) is 32.9 Å². The van der Waals surface area contributed by atoms with Crippen molar-refractivity contribution >= 4 is 0 Å². The summed E-state index contributed by atoms with van der Waals surface area (Å²) < 4.78 is 11.2. The molecule has 0 amide bonds. The number of rotatable bonds is 4. The molecule has 1 N–H and O–H groups in total. The highest BCUT2D eigenvalue weighted by atomic mass is 16.4. The number of hydrogen-bond acceptors (Lipinski definition) is 6. The molecule has 6 heteroatoms. The maximum Gasteiger partial charge on any atom is 0.251 e. The van der Waals surface area contributed by atoms with Gasteiger partial charge in [-0.25, -0.2) is 0 Å². The largest absolute Gasteiger partial charge is 0.466 e. The summed E-state index contributed by atoms with van der Waals surface area (Å²) >= 11 is 0. The van der Waals surface area contributed by atoms with Crippen molar-refractivity contribution < 1.29 is 8.83 Å². The predicted octanol–water partition coefficient (Wildman–Crippen LogP) is 1.74. The normalized spacial score (nSPS) is 19.1. The lowest BCUT2D eigenvalue weighted by molar-refractivity contribution is 0.225. The third kappa shape index (κ3) is 2.62. The van der Waals surface area contributed by atoms with Crippen molar-refractivity contribution in [1.29, 1.82) is 0 Å². The van der Waals surface area contributed by atoms with Crippen LogP contribution in [0.15, 0.2) is 14.9 Å². The van der Waals surface area contributed by atoms with Crippen molar-refractivity contribution in [3.05, 3.63) is 23.5 Å². The lowest BCUT2D eigenvalue weighted by atomic mass is 10.2. The fraction of sp³-hybridized carbons (Fsp3) is 0.571. The van der Waals surface area contributed by atoms with Gasteiger partial charge in [0.1, 0.15) is 11.5 Å². The number of likely N-dealkylation sites (N-methyl/N-ethyl adjacent to an activating group) is 1. The average Bonchev–Trinajstić information content (AvgIpc) is 3.10. The molecule has 0 spiro atoms. The molecule has 1 fully saturated rings. The van der Waals surface area contributed by atoms with Gasteiger partial charge in [-0.1, -0.05) is 0 Å². The molecule has 0 aliphatic carbocycles. The van der Waals surface area contributed by atoms with Crippen molar-refractivity contribution in [2.24, 2.45) is 0 Å². The first kappa shape index (κ1) is 13.3. The second-order valence-corrected chi connectivity index (χ2v) is 5.39. The Balaban J connectivity index is 1.72. The van der Waals surface area contributed by atoms with Crippen LogP contribution in [0.25, 0.3) is 11.5 Å². The Morgan fingerprint density at radius 3 is 2.85 bits per heavy atom. The van der Waals surface area contributed by atoms with E-state index in [9.17, 15) is 0 Å². The topological polar surface area (TPSA) is 67.3 Å². The average molecular weight is 276 g/mol. The van der Waals surface area contributed by atoms with E-state index in [4.69, 9.17) is 8.83 Å². The zero-order valence-electron chi connectivity index (χ0n) is 12.1. The van der Waals surface area contributed by atoms with Crippen molar-refractivity contribution in [3.8, 4) is 11.5 Å². The minimum atomic E-state index is 0.535. The highest BCUT2D eigenvalue weighted by Crippen LogP contribution is 2.25. The zero-order chi connectivity index (χ0) is 14.1. The molecule has 6 nitrogen and oxygen atoms in total. The second-order valence-electron chi connectivity index (χ2n) is 5.39. The molecule has 0 bridgehead atoms. The van der Waals surface area contributed by atoms with E-state index in [1.54, 1.807) is 0 Å².